The molecule has 0 saturated heterocycles. The van der Waals surface area contributed by atoms with Crippen LogP contribution >= 0.6 is 35.1 Å². The van der Waals surface area contributed by atoms with Crippen LogP contribution in [0.5, 0.6) is 0 Å². The highest BCUT2D eigenvalue weighted by Gasteiger charge is 2.21. The fourth-order valence-corrected chi connectivity index (χ4v) is 6.34. The highest BCUT2D eigenvalue weighted by molar-refractivity contribution is 8.00. The van der Waals surface area contributed by atoms with Gasteiger partial charge >= 0.3 is 0 Å². The van der Waals surface area contributed by atoms with Gasteiger partial charge in [0.05, 0.1) is 5.25 Å². The van der Waals surface area contributed by atoms with Crippen molar-refractivity contribution in [3.63, 3.8) is 0 Å². The molecule has 1 heterocycles. The van der Waals surface area contributed by atoms with E-state index in [1.54, 1.807) is 36.4 Å². The van der Waals surface area contributed by atoms with Crippen LogP contribution in [0.2, 0.25) is 0 Å². The summed E-state index contributed by atoms with van der Waals surface area (Å²) in [6.45, 7) is 8.20. The fourth-order valence-electron chi connectivity index (χ4n) is 4.05. The van der Waals surface area contributed by atoms with Crippen LogP contribution in [0.4, 0.5) is 10.8 Å². The van der Waals surface area contributed by atoms with E-state index in [2.05, 4.69) is 39.2 Å². The van der Waals surface area contributed by atoms with E-state index in [9.17, 15) is 14.4 Å². The molecule has 228 valence electrons. The Kier molecular flexibility index (Phi) is 12.2. The predicted molar refractivity (Wildman–Crippen MR) is 182 cm³/mol. The molecule has 0 bridgehead atoms. The molecule has 3 N–H and O–H groups in total. The quantitative estimate of drug-likeness (QED) is 0.101. The van der Waals surface area contributed by atoms with Gasteiger partial charge in [0.25, 0.3) is 11.8 Å². The van der Waals surface area contributed by atoms with Gasteiger partial charge in [-0.2, -0.15) is 9.36 Å². The number of nitrogens with zero attached hydrogens (tertiary/aromatic N) is 2. The lowest BCUT2D eigenvalue weighted by Crippen LogP contribution is -2.30. The largest absolute Gasteiger partial charge is 0.321 e. The first-order valence-electron chi connectivity index (χ1n) is 14.3. The van der Waals surface area contributed by atoms with Crippen LogP contribution in [-0.4, -0.2) is 38.1 Å². The molecule has 0 spiro atoms. The number of amides is 3. The Morgan fingerprint density at radius 1 is 0.932 bits per heavy atom. The van der Waals surface area contributed by atoms with Crippen molar-refractivity contribution in [1.82, 2.24) is 14.7 Å². The molecule has 0 aliphatic rings. The lowest BCUT2D eigenvalue weighted by atomic mass is 10.0. The second-order valence-corrected chi connectivity index (χ2v) is 13.3. The van der Waals surface area contributed by atoms with Crippen molar-refractivity contribution in [2.24, 2.45) is 0 Å². The SMILES string of the molecule is CCSc1nsc(NC(=O)C(CC)Sc2cccc(NC(=O)/C(=C\c3ccc(C(C)C)cc3)NC(=O)c3ccccc3)c2)n1. The Morgan fingerprint density at radius 2 is 1.68 bits per heavy atom. The zero-order valence-corrected chi connectivity index (χ0v) is 27.4. The molecule has 0 aliphatic carbocycles. The second-order valence-electron chi connectivity index (χ2n) is 10.0. The second kappa shape index (κ2) is 16.2. The smallest absolute Gasteiger partial charge is 0.272 e. The summed E-state index contributed by atoms with van der Waals surface area (Å²) in [6, 6.07) is 23.9. The molecule has 0 radical (unpaired) electrons. The van der Waals surface area contributed by atoms with Crippen LogP contribution in [0.15, 0.2) is 94.6 Å². The number of benzene rings is 3. The van der Waals surface area contributed by atoms with Crippen LogP contribution in [-0.2, 0) is 9.59 Å². The normalized spacial score (nSPS) is 12.1. The molecule has 0 fully saturated rings. The zero-order chi connectivity index (χ0) is 31.5. The van der Waals surface area contributed by atoms with Gasteiger partial charge in [-0.25, -0.2) is 0 Å². The van der Waals surface area contributed by atoms with E-state index in [-0.39, 0.29) is 22.8 Å². The Labute approximate surface area is 270 Å². The van der Waals surface area contributed by atoms with E-state index in [1.165, 1.54) is 29.1 Å². The Morgan fingerprint density at radius 3 is 2.36 bits per heavy atom. The van der Waals surface area contributed by atoms with Gasteiger partial charge in [0.1, 0.15) is 5.70 Å². The van der Waals surface area contributed by atoms with Crippen molar-refractivity contribution >= 4 is 69.7 Å². The average Bonchev–Trinajstić information content (AvgIpc) is 3.47. The third kappa shape index (κ3) is 9.54. The minimum Gasteiger partial charge on any atom is -0.321 e. The topological polar surface area (TPSA) is 113 Å². The summed E-state index contributed by atoms with van der Waals surface area (Å²) in [4.78, 5) is 44.7. The molecule has 44 heavy (non-hydrogen) atoms. The van der Waals surface area contributed by atoms with Crippen LogP contribution in [0.1, 0.15) is 61.5 Å². The van der Waals surface area contributed by atoms with Crippen molar-refractivity contribution in [2.75, 3.05) is 16.4 Å². The maximum atomic E-state index is 13.5. The summed E-state index contributed by atoms with van der Waals surface area (Å²) in [5, 5.41) is 9.32. The van der Waals surface area contributed by atoms with E-state index in [0.29, 0.717) is 33.9 Å². The number of aromatic nitrogens is 2. The van der Waals surface area contributed by atoms with Crippen molar-refractivity contribution in [2.45, 2.75) is 55.3 Å². The molecule has 1 aromatic heterocycles. The maximum absolute atomic E-state index is 13.5. The molecule has 1 unspecified atom stereocenters. The number of anilines is 2. The first-order valence-corrected chi connectivity index (χ1v) is 16.9. The van der Waals surface area contributed by atoms with Gasteiger partial charge in [0, 0.05) is 27.7 Å². The summed E-state index contributed by atoms with van der Waals surface area (Å²) in [5.41, 5.74) is 3.05. The number of hydrogen-bond donors (Lipinski definition) is 3. The molecule has 4 rings (SSSR count). The van der Waals surface area contributed by atoms with Crippen LogP contribution < -0.4 is 16.0 Å². The van der Waals surface area contributed by atoms with E-state index in [1.807, 2.05) is 62.4 Å². The Balaban J connectivity index is 1.49. The summed E-state index contributed by atoms with van der Waals surface area (Å²) < 4.78 is 4.25. The zero-order valence-electron chi connectivity index (χ0n) is 25.0. The third-order valence-electron chi connectivity index (χ3n) is 6.39. The summed E-state index contributed by atoms with van der Waals surface area (Å²) in [5.74, 6) is 0.216. The van der Waals surface area contributed by atoms with Gasteiger partial charge in [-0.1, -0.05) is 88.0 Å². The lowest BCUT2D eigenvalue weighted by Gasteiger charge is -2.15. The summed E-state index contributed by atoms with van der Waals surface area (Å²) >= 11 is 4.09. The lowest BCUT2D eigenvalue weighted by molar-refractivity contribution is -0.116. The van der Waals surface area contributed by atoms with E-state index < -0.39 is 5.91 Å². The van der Waals surface area contributed by atoms with Crippen LogP contribution in [0.3, 0.4) is 0 Å². The van der Waals surface area contributed by atoms with Gasteiger partial charge in [-0.05, 0) is 65.6 Å². The average molecular weight is 646 g/mol. The fraction of sp³-hybridized carbons (Fsp3) is 0.242. The minimum atomic E-state index is -0.467. The van der Waals surface area contributed by atoms with Gasteiger partial charge in [0.15, 0.2) is 0 Å². The van der Waals surface area contributed by atoms with Crippen molar-refractivity contribution < 1.29 is 14.4 Å². The van der Waals surface area contributed by atoms with Crippen molar-refractivity contribution in [1.29, 1.82) is 0 Å². The summed E-state index contributed by atoms with van der Waals surface area (Å²) in [6.07, 6.45) is 2.25. The maximum Gasteiger partial charge on any atom is 0.272 e. The highest BCUT2D eigenvalue weighted by atomic mass is 32.2. The molecular weight excluding hydrogens is 611 g/mol. The monoisotopic (exact) mass is 645 g/mol. The van der Waals surface area contributed by atoms with E-state index in [4.69, 9.17) is 0 Å². The van der Waals surface area contributed by atoms with Crippen molar-refractivity contribution in [3.8, 4) is 0 Å². The van der Waals surface area contributed by atoms with Crippen LogP contribution in [0.25, 0.3) is 6.08 Å². The van der Waals surface area contributed by atoms with E-state index >= 15 is 0 Å². The molecule has 11 heteroatoms. The van der Waals surface area contributed by atoms with Gasteiger partial charge < -0.3 is 10.6 Å². The number of nitrogens with one attached hydrogen (secondary N) is 3. The number of hydrogen-bond acceptors (Lipinski definition) is 8. The molecule has 3 amide bonds. The Bertz CT molecular complexity index is 1600. The molecule has 3 aromatic carbocycles. The minimum absolute atomic E-state index is 0.109. The highest BCUT2D eigenvalue weighted by Crippen LogP contribution is 2.29. The van der Waals surface area contributed by atoms with E-state index in [0.717, 1.165) is 27.7 Å². The number of carbonyl (C=O) groups excluding carboxylic acids is 3. The first-order chi connectivity index (χ1) is 21.2. The molecule has 1 atom stereocenters. The molecule has 4 aromatic rings. The summed E-state index contributed by atoms with van der Waals surface area (Å²) in [7, 11) is 0. The van der Waals surface area contributed by atoms with Gasteiger partial charge in [-0.3, -0.25) is 19.7 Å². The molecule has 0 saturated carbocycles. The number of thioether (sulfide) groups is 2. The molecule has 8 nitrogen and oxygen atoms in total. The third-order valence-corrected chi connectivity index (χ3v) is 9.22. The standard InChI is InChI=1S/C33H35N5O3S3/c1-5-28(31(41)36-32-37-33(38-44-32)42-6-2)43-26-14-10-13-25(20-26)34-30(40)27(35-29(39)24-11-8-7-9-12-24)19-22-15-17-23(18-16-22)21(3)4/h7-21,28H,5-6H2,1-4H3,(H,34,40)(H,35,39)(H,36,37,38,41)/b27-19+. The molecular formula is C33H35N5O3S3. The van der Waals surface area contributed by atoms with Crippen molar-refractivity contribution in [3.05, 3.63) is 101 Å². The first kappa shape index (κ1) is 33.0. The number of rotatable bonds is 13. The Hall–Kier alpha value is -3.93. The van der Waals surface area contributed by atoms with Gasteiger partial charge in [-0.15, -0.1) is 11.8 Å². The number of carbonyl (C=O) groups is 3. The van der Waals surface area contributed by atoms with Gasteiger partial charge in [0.2, 0.25) is 16.2 Å². The predicted octanol–water partition coefficient (Wildman–Crippen LogP) is 7.69. The van der Waals surface area contributed by atoms with Crippen LogP contribution in [0, 0.1) is 0 Å². The molecule has 0 aliphatic heterocycles.